The lowest BCUT2D eigenvalue weighted by atomic mass is 9.88. The summed E-state index contributed by atoms with van der Waals surface area (Å²) in [6.45, 7) is 4.77. The van der Waals surface area contributed by atoms with E-state index in [0.717, 1.165) is 38.8 Å². The molecule has 0 radical (unpaired) electrons. The molecule has 3 aromatic rings. The van der Waals surface area contributed by atoms with Crippen LogP contribution in [0.1, 0.15) is 60.0 Å². The smallest absolute Gasteiger partial charge is 0.407 e. The monoisotopic (exact) mass is 529 g/mol. The summed E-state index contributed by atoms with van der Waals surface area (Å²) in [7, 11) is 0. The van der Waals surface area contributed by atoms with Crippen LogP contribution >= 0.6 is 0 Å². The number of nitrogens with two attached hydrogens (primary N) is 1. The quantitative estimate of drug-likeness (QED) is 0.297. The van der Waals surface area contributed by atoms with Gasteiger partial charge in [0.25, 0.3) is 0 Å². The van der Waals surface area contributed by atoms with Crippen molar-refractivity contribution in [3.05, 3.63) is 102 Å². The molecule has 1 aliphatic heterocycles. The van der Waals surface area contributed by atoms with Crippen molar-refractivity contribution in [1.82, 2.24) is 9.80 Å². The Balaban J connectivity index is 1.51. The summed E-state index contributed by atoms with van der Waals surface area (Å²) in [6.07, 6.45) is 2.40. The van der Waals surface area contributed by atoms with Gasteiger partial charge in [-0.3, -0.25) is 9.69 Å². The Morgan fingerprint density at radius 1 is 1.03 bits per heavy atom. The highest BCUT2D eigenvalue weighted by Gasteiger charge is 2.34. The first-order valence-electron chi connectivity index (χ1n) is 13.8. The van der Waals surface area contributed by atoms with E-state index in [1.54, 1.807) is 23.1 Å². The van der Waals surface area contributed by atoms with Crippen LogP contribution in [0.4, 0.5) is 4.79 Å². The maximum absolute atomic E-state index is 11.8. The first-order chi connectivity index (χ1) is 19.0. The minimum absolute atomic E-state index is 0.0171. The van der Waals surface area contributed by atoms with Gasteiger partial charge in [0, 0.05) is 43.2 Å². The molecule has 7 nitrogen and oxygen atoms in total. The molecule has 39 heavy (non-hydrogen) atoms. The summed E-state index contributed by atoms with van der Waals surface area (Å²) in [5.41, 5.74) is 8.37. The van der Waals surface area contributed by atoms with Gasteiger partial charge in [-0.1, -0.05) is 73.7 Å². The average molecular weight is 530 g/mol. The van der Waals surface area contributed by atoms with Crippen molar-refractivity contribution in [3.63, 3.8) is 0 Å². The number of carbonyl (C=O) groups is 2. The van der Waals surface area contributed by atoms with Crippen LogP contribution in [-0.2, 0) is 0 Å². The molecule has 7 heteroatoms. The molecule has 2 amide bonds. The van der Waals surface area contributed by atoms with Crippen molar-refractivity contribution >= 4 is 12.0 Å². The van der Waals surface area contributed by atoms with Crippen LogP contribution in [0, 0.1) is 0 Å². The number of piperidine rings is 1. The standard InChI is InChI=1S/C32H39N3O4/c1-2-27-22-28(17-19-35(27)32(37)38)34(18-10-20-39-29-16-9-15-26(21-29)31(33)36)23-30(24-11-5-3-6-12-24)25-13-7-4-8-14-25/h3-9,11-16,21,27-28,30H,2,10,17-20,22-23H2,1H3,(H2,33,36)(H,37,38). The second kappa shape index (κ2) is 13.8. The fourth-order valence-electron chi connectivity index (χ4n) is 5.63. The SMILES string of the molecule is CCC1CC(N(CCCOc2cccc(C(N)=O)c2)CC(c2ccccc2)c2ccccc2)CCN1C(=O)O. The Hall–Kier alpha value is -3.84. The zero-order chi connectivity index (χ0) is 27.6. The number of amides is 2. The lowest BCUT2D eigenvalue weighted by Gasteiger charge is -2.43. The van der Waals surface area contributed by atoms with Crippen molar-refractivity contribution in [2.75, 3.05) is 26.2 Å². The lowest BCUT2D eigenvalue weighted by molar-refractivity contribution is 0.0565. The van der Waals surface area contributed by atoms with E-state index in [-0.39, 0.29) is 18.0 Å². The highest BCUT2D eigenvalue weighted by molar-refractivity contribution is 5.93. The molecule has 206 valence electrons. The van der Waals surface area contributed by atoms with Crippen molar-refractivity contribution in [3.8, 4) is 5.75 Å². The molecule has 3 aromatic carbocycles. The molecule has 2 atom stereocenters. The van der Waals surface area contributed by atoms with Crippen molar-refractivity contribution in [2.24, 2.45) is 5.73 Å². The van der Waals surface area contributed by atoms with E-state index >= 15 is 0 Å². The van der Waals surface area contributed by atoms with Crippen LogP contribution < -0.4 is 10.5 Å². The zero-order valence-corrected chi connectivity index (χ0v) is 22.6. The van der Waals surface area contributed by atoms with E-state index in [2.05, 4.69) is 60.4 Å². The van der Waals surface area contributed by atoms with Crippen LogP contribution in [-0.4, -0.2) is 65.2 Å². The first-order valence-corrected chi connectivity index (χ1v) is 13.8. The summed E-state index contributed by atoms with van der Waals surface area (Å²) in [6, 6.07) is 28.4. The van der Waals surface area contributed by atoms with Crippen molar-refractivity contribution < 1.29 is 19.4 Å². The fourth-order valence-corrected chi connectivity index (χ4v) is 5.63. The van der Waals surface area contributed by atoms with Gasteiger partial charge in [0.15, 0.2) is 0 Å². The van der Waals surface area contributed by atoms with Gasteiger partial charge in [-0.25, -0.2) is 4.79 Å². The van der Waals surface area contributed by atoms with Gasteiger partial charge >= 0.3 is 6.09 Å². The number of primary amides is 1. The van der Waals surface area contributed by atoms with E-state index in [4.69, 9.17) is 10.5 Å². The molecule has 0 spiro atoms. The molecule has 1 aliphatic rings. The molecule has 1 fully saturated rings. The van der Waals surface area contributed by atoms with E-state index in [1.165, 1.54) is 11.1 Å². The van der Waals surface area contributed by atoms with E-state index < -0.39 is 12.0 Å². The van der Waals surface area contributed by atoms with E-state index in [0.29, 0.717) is 24.5 Å². The van der Waals surface area contributed by atoms with Crippen LogP contribution in [0.25, 0.3) is 0 Å². The number of hydrogen-bond acceptors (Lipinski definition) is 4. The Bertz CT molecular complexity index is 1160. The largest absolute Gasteiger partial charge is 0.494 e. The van der Waals surface area contributed by atoms with Crippen LogP contribution in [0.3, 0.4) is 0 Å². The summed E-state index contributed by atoms with van der Waals surface area (Å²) in [5, 5.41) is 9.71. The second-order valence-electron chi connectivity index (χ2n) is 10.2. The Morgan fingerprint density at radius 2 is 1.69 bits per heavy atom. The molecular weight excluding hydrogens is 490 g/mol. The highest BCUT2D eigenvalue weighted by Crippen LogP contribution is 2.30. The minimum atomic E-state index is -0.829. The summed E-state index contributed by atoms with van der Waals surface area (Å²) < 4.78 is 5.98. The van der Waals surface area contributed by atoms with Gasteiger partial charge in [0.1, 0.15) is 5.75 Å². The summed E-state index contributed by atoms with van der Waals surface area (Å²) in [4.78, 5) is 27.5. The molecule has 2 unspecified atom stereocenters. The molecule has 1 saturated heterocycles. The van der Waals surface area contributed by atoms with Gasteiger partial charge in [-0.15, -0.1) is 0 Å². The molecule has 3 N–H and O–H groups in total. The normalized spacial score (nSPS) is 17.4. The number of carboxylic acid groups (broad SMARTS) is 1. The molecule has 1 heterocycles. The Morgan fingerprint density at radius 3 is 2.28 bits per heavy atom. The Kier molecular flexibility index (Phi) is 9.97. The maximum Gasteiger partial charge on any atom is 0.407 e. The van der Waals surface area contributed by atoms with Crippen molar-refractivity contribution in [2.45, 2.75) is 50.6 Å². The second-order valence-corrected chi connectivity index (χ2v) is 10.2. The molecule has 4 rings (SSSR count). The molecule has 0 aromatic heterocycles. The van der Waals surface area contributed by atoms with E-state index in [9.17, 15) is 14.7 Å². The summed E-state index contributed by atoms with van der Waals surface area (Å²) in [5.74, 6) is 0.348. The third-order valence-corrected chi connectivity index (χ3v) is 7.72. The molecular formula is C32H39N3O4. The number of ether oxygens (including phenoxy) is 1. The first kappa shape index (κ1) is 28.2. The van der Waals surface area contributed by atoms with Crippen molar-refractivity contribution in [1.29, 1.82) is 0 Å². The number of rotatable bonds is 12. The molecule has 0 bridgehead atoms. The topological polar surface area (TPSA) is 96.1 Å². The molecule has 0 saturated carbocycles. The number of benzene rings is 3. The van der Waals surface area contributed by atoms with Gasteiger partial charge in [-0.2, -0.15) is 0 Å². The van der Waals surface area contributed by atoms with Crippen LogP contribution in [0.5, 0.6) is 5.75 Å². The third-order valence-electron chi connectivity index (χ3n) is 7.72. The third kappa shape index (κ3) is 7.60. The number of carbonyl (C=O) groups excluding carboxylic acids is 1. The number of hydrogen-bond donors (Lipinski definition) is 2. The van der Waals surface area contributed by atoms with E-state index in [1.807, 2.05) is 18.2 Å². The predicted molar refractivity (Wildman–Crippen MR) is 153 cm³/mol. The van der Waals surface area contributed by atoms with Crippen LogP contribution in [0.15, 0.2) is 84.9 Å². The average Bonchev–Trinajstić information content (AvgIpc) is 2.97. The van der Waals surface area contributed by atoms with Gasteiger partial charge < -0.3 is 20.5 Å². The number of likely N-dealkylation sites (tertiary alicyclic amines) is 1. The van der Waals surface area contributed by atoms with Crippen LogP contribution in [0.2, 0.25) is 0 Å². The summed E-state index contributed by atoms with van der Waals surface area (Å²) >= 11 is 0. The van der Waals surface area contributed by atoms with Gasteiger partial charge in [0.2, 0.25) is 5.91 Å². The van der Waals surface area contributed by atoms with Gasteiger partial charge in [0.05, 0.1) is 6.61 Å². The zero-order valence-electron chi connectivity index (χ0n) is 22.6. The van der Waals surface area contributed by atoms with Gasteiger partial charge in [-0.05, 0) is 55.0 Å². The lowest BCUT2D eigenvalue weighted by Crippen LogP contribution is -2.52. The number of nitrogens with zero attached hydrogens (tertiary/aromatic N) is 2. The maximum atomic E-state index is 11.8. The molecule has 0 aliphatic carbocycles. The highest BCUT2D eigenvalue weighted by atomic mass is 16.5. The Labute approximate surface area is 231 Å². The fraction of sp³-hybridized carbons (Fsp3) is 0.375. The minimum Gasteiger partial charge on any atom is -0.494 e. The predicted octanol–water partition coefficient (Wildman–Crippen LogP) is 5.61.